The molecule has 1 unspecified atom stereocenters. The van der Waals surface area contributed by atoms with E-state index >= 15 is 0 Å². The first-order chi connectivity index (χ1) is 8.74. The van der Waals surface area contributed by atoms with Gasteiger partial charge < -0.3 is 15.5 Å². The highest BCUT2D eigenvalue weighted by molar-refractivity contribution is 5.45. The first kappa shape index (κ1) is 13.4. The molecular formula is C15H25N3. The number of nitrogens with zero attached hydrogens (tertiary/aromatic N) is 1. The summed E-state index contributed by atoms with van der Waals surface area (Å²) in [7, 11) is 0. The fourth-order valence-corrected chi connectivity index (χ4v) is 2.45. The average Bonchev–Trinajstić information content (AvgIpc) is 2.38. The molecule has 0 amide bonds. The molecule has 0 saturated carbocycles. The minimum atomic E-state index is 0.684. The molecule has 1 fully saturated rings. The second-order valence-corrected chi connectivity index (χ2v) is 5.41. The van der Waals surface area contributed by atoms with Gasteiger partial charge in [-0.1, -0.05) is 19.1 Å². The number of hydrogen-bond donors (Lipinski definition) is 2. The monoisotopic (exact) mass is 247 g/mol. The van der Waals surface area contributed by atoms with Gasteiger partial charge in [0.2, 0.25) is 0 Å². The van der Waals surface area contributed by atoms with E-state index in [-0.39, 0.29) is 0 Å². The van der Waals surface area contributed by atoms with Crippen LogP contribution >= 0.6 is 0 Å². The highest BCUT2D eigenvalue weighted by atomic mass is 15.2. The summed E-state index contributed by atoms with van der Waals surface area (Å²) < 4.78 is 0. The van der Waals surface area contributed by atoms with Crippen molar-refractivity contribution in [3.05, 3.63) is 29.8 Å². The quantitative estimate of drug-likeness (QED) is 0.833. The van der Waals surface area contributed by atoms with Crippen LogP contribution in [-0.2, 0) is 0 Å². The van der Waals surface area contributed by atoms with E-state index in [0.717, 1.165) is 19.6 Å². The maximum absolute atomic E-state index is 3.53. The Labute approximate surface area is 111 Å². The molecule has 1 saturated heterocycles. The third-order valence-electron chi connectivity index (χ3n) is 3.45. The van der Waals surface area contributed by atoms with Crippen molar-refractivity contribution in [2.75, 3.05) is 44.6 Å². The summed E-state index contributed by atoms with van der Waals surface area (Å²) in [5.74, 6) is 0.684. The number of hydrogen-bond acceptors (Lipinski definition) is 3. The van der Waals surface area contributed by atoms with Gasteiger partial charge in [-0.15, -0.1) is 0 Å². The Bertz CT molecular complexity index is 359. The Balaban J connectivity index is 1.72. The van der Waals surface area contributed by atoms with Crippen molar-refractivity contribution in [2.45, 2.75) is 13.8 Å². The Morgan fingerprint density at radius 2 is 2.11 bits per heavy atom. The SMILES string of the molecule is Cc1cccc(NCC(C)CN2CCNCC2)c1. The fraction of sp³-hybridized carbons (Fsp3) is 0.600. The Kier molecular flexibility index (Phi) is 5.02. The van der Waals surface area contributed by atoms with Crippen molar-refractivity contribution < 1.29 is 0 Å². The summed E-state index contributed by atoms with van der Waals surface area (Å²) in [6, 6.07) is 8.59. The molecule has 0 spiro atoms. The van der Waals surface area contributed by atoms with Gasteiger partial charge in [-0.05, 0) is 30.5 Å². The maximum Gasteiger partial charge on any atom is 0.0342 e. The van der Waals surface area contributed by atoms with Crippen molar-refractivity contribution in [3.63, 3.8) is 0 Å². The number of rotatable bonds is 5. The van der Waals surface area contributed by atoms with E-state index in [0.29, 0.717) is 5.92 Å². The van der Waals surface area contributed by atoms with Crippen LogP contribution in [0.2, 0.25) is 0 Å². The Hall–Kier alpha value is -1.06. The lowest BCUT2D eigenvalue weighted by atomic mass is 10.1. The van der Waals surface area contributed by atoms with Gasteiger partial charge in [-0.3, -0.25) is 0 Å². The molecule has 1 aliphatic heterocycles. The predicted octanol–water partition coefficient (Wildman–Crippen LogP) is 1.95. The van der Waals surface area contributed by atoms with Crippen LogP contribution in [0.15, 0.2) is 24.3 Å². The molecule has 2 rings (SSSR count). The smallest absolute Gasteiger partial charge is 0.0342 e. The zero-order valence-corrected chi connectivity index (χ0v) is 11.6. The maximum atomic E-state index is 3.53. The highest BCUT2D eigenvalue weighted by Gasteiger charge is 2.12. The molecule has 1 atom stereocenters. The zero-order valence-electron chi connectivity index (χ0n) is 11.6. The second kappa shape index (κ2) is 6.76. The largest absolute Gasteiger partial charge is 0.385 e. The molecule has 18 heavy (non-hydrogen) atoms. The lowest BCUT2D eigenvalue weighted by Gasteiger charge is -2.29. The van der Waals surface area contributed by atoms with Gasteiger partial charge in [0.05, 0.1) is 0 Å². The lowest BCUT2D eigenvalue weighted by molar-refractivity contribution is 0.215. The van der Waals surface area contributed by atoms with Crippen LogP contribution in [0.25, 0.3) is 0 Å². The van der Waals surface area contributed by atoms with Gasteiger partial charge in [0, 0.05) is 45.0 Å². The van der Waals surface area contributed by atoms with Crippen molar-refractivity contribution in [1.82, 2.24) is 10.2 Å². The van der Waals surface area contributed by atoms with Crippen LogP contribution in [0.3, 0.4) is 0 Å². The van der Waals surface area contributed by atoms with E-state index in [1.165, 1.54) is 30.9 Å². The third-order valence-corrected chi connectivity index (χ3v) is 3.45. The second-order valence-electron chi connectivity index (χ2n) is 5.41. The molecule has 3 heteroatoms. The molecule has 1 heterocycles. The minimum Gasteiger partial charge on any atom is -0.385 e. The summed E-state index contributed by atoms with van der Waals surface area (Å²) in [4.78, 5) is 2.55. The van der Waals surface area contributed by atoms with Crippen LogP contribution in [0.4, 0.5) is 5.69 Å². The molecule has 0 aromatic heterocycles. The third kappa shape index (κ3) is 4.31. The van der Waals surface area contributed by atoms with Gasteiger partial charge in [0.15, 0.2) is 0 Å². The molecular weight excluding hydrogens is 222 g/mol. The van der Waals surface area contributed by atoms with Crippen molar-refractivity contribution in [1.29, 1.82) is 0 Å². The topological polar surface area (TPSA) is 27.3 Å². The van der Waals surface area contributed by atoms with Gasteiger partial charge in [-0.25, -0.2) is 0 Å². The first-order valence-electron chi connectivity index (χ1n) is 6.97. The number of benzene rings is 1. The summed E-state index contributed by atoms with van der Waals surface area (Å²) in [6.45, 7) is 11.4. The van der Waals surface area contributed by atoms with Crippen LogP contribution in [-0.4, -0.2) is 44.2 Å². The summed E-state index contributed by atoms with van der Waals surface area (Å²) in [5, 5.41) is 6.93. The van der Waals surface area contributed by atoms with Gasteiger partial charge in [0.1, 0.15) is 0 Å². The number of anilines is 1. The standard InChI is InChI=1S/C15H25N3/c1-13-4-3-5-15(10-13)17-11-14(2)12-18-8-6-16-7-9-18/h3-5,10,14,16-17H,6-9,11-12H2,1-2H3. The molecule has 1 aliphatic rings. The lowest BCUT2D eigenvalue weighted by Crippen LogP contribution is -2.45. The van der Waals surface area contributed by atoms with Crippen LogP contribution in [0, 0.1) is 12.8 Å². The Morgan fingerprint density at radius 1 is 1.33 bits per heavy atom. The minimum absolute atomic E-state index is 0.684. The molecule has 2 N–H and O–H groups in total. The van der Waals surface area contributed by atoms with E-state index in [1.807, 2.05) is 0 Å². The molecule has 3 nitrogen and oxygen atoms in total. The first-order valence-corrected chi connectivity index (χ1v) is 6.97. The van der Waals surface area contributed by atoms with Gasteiger partial charge >= 0.3 is 0 Å². The number of nitrogens with one attached hydrogen (secondary N) is 2. The molecule has 0 aliphatic carbocycles. The van der Waals surface area contributed by atoms with E-state index in [4.69, 9.17) is 0 Å². The van der Waals surface area contributed by atoms with Crippen LogP contribution in [0.1, 0.15) is 12.5 Å². The number of aryl methyl sites for hydroxylation is 1. The predicted molar refractivity (Wildman–Crippen MR) is 78.1 cm³/mol. The molecule has 100 valence electrons. The fourth-order valence-electron chi connectivity index (χ4n) is 2.45. The van der Waals surface area contributed by atoms with Crippen molar-refractivity contribution in [3.8, 4) is 0 Å². The van der Waals surface area contributed by atoms with Gasteiger partial charge in [0.25, 0.3) is 0 Å². The van der Waals surface area contributed by atoms with Crippen LogP contribution < -0.4 is 10.6 Å². The summed E-state index contributed by atoms with van der Waals surface area (Å²) in [6.07, 6.45) is 0. The summed E-state index contributed by atoms with van der Waals surface area (Å²) >= 11 is 0. The highest BCUT2D eigenvalue weighted by Crippen LogP contribution is 2.10. The van der Waals surface area contributed by atoms with E-state index in [9.17, 15) is 0 Å². The normalized spacial score (nSPS) is 18.6. The number of piperazine rings is 1. The van der Waals surface area contributed by atoms with E-state index in [2.05, 4.69) is 53.6 Å². The summed E-state index contributed by atoms with van der Waals surface area (Å²) in [5.41, 5.74) is 2.55. The molecule has 1 aromatic rings. The van der Waals surface area contributed by atoms with E-state index in [1.54, 1.807) is 0 Å². The molecule has 0 bridgehead atoms. The van der Waals surface area contributed by atoms with Crippen molar-refractivity contribution in [2.24, 2.45) is 5.92 Å². The van der Waals surface area contributed by atoms with Crippen molar-refractivity contribution >= 4 is 5.69 Å². The van der Waals surface area contributed by atoms with Gasteiger partial charge in [-0.2, -0.15) is 0 Å². The zero-order chi connectivity index (χ0) is 12.8. The Morgan fingerprint density at radius 3 is 2.83 bits per heavy atom. The van der Waals surface area contributed by atoms with Crippen LogP contribution in [0.5, 0.6) is 0 Å². The molecule has 0 radical (unpaired) electrons. The molecule has 1 aromatic carbocycles. The van der Waals surface area contributed by atoms with E-state index < -0.39 is 0 Å². The average molecular weight is 247 g/mol.